The Morgan fingerprint density at radius 1 is 1.29 bits per heavy atom. The molecule has 6 atom stereocenters. The van der Waals surface area contributed by atoms with Crippen molar-refractivity contribution < 1.29 is 9.53 Å². The fourth-order valence-electron chi connectivity index (χ4n) is 2.32. The summed E-state index contributed by atoms with van der Waals surface area (Å²) < 4.78 is 5.71. The number of ether oxygens (including phenoxy) is 1. The van der Waals surface area contributed by atoms with Crippen LogP contribution in [0.5, 0.6) is 0 Å². The van der Waals surface area contributed by atoms with Gasteiger partial charge in [0.1, 0.15) is 0 Å². The molecule has 1 aliphatic rings. The first-order chi connectivity index (χ1) is 7.88. The van der Waals surface area contributed by atoms with Gasteiger partial charge in [0, 0.05) is 11.4 Å². The monoisotopic (exact) mass is 305 g/mol. The van der Waals surface area contributed by atoms with E-state index in [1.807, 2.05) is 13.8 Å². The molecule has 4 heteroatoms. The summed E-state index contributed by atoms with van der Waals surface area (Å²) in [4.78, 5) is 12.2. The van der Waals surface area contributed by atoms with Crippen molar-refractivity contribution in [2.24, 2.45) is 17.8 Å². The molecule has 1 amide bonds. The summed E-state index contributed by atoms with van der Waals surface area (Å²) in [6.07, 6.45) is 0.191. The maximum absolute atomic E-state index is 12.2. The van der Waals surface area contributed by atoms with Gasteiger partial charge in [0.05, 0.1) is 18.1 Å². The molecule has 0 saturated carbocycles. The summed E-state index contributed by atoms with van der Waals surface area (Å²) in [5.41, 5.74) is 0. The molecule has 0 aromatic carbocycles. The highest BCUT2D eigenvalue weighted by Gasteiger charge is 2.41. The van der Waals surface area contributed by atoms with Crippen molar-refractivity contribution in [3.63, 3.8) is 0 Å². The van der Waals surface area contributed by atoms with Crippen molar-refractivity contribution in [3.05, 3.63) is 0 Å². The Hall–Kier alpha value is -0.0900. The SMILES string of the molecule is CC(CBr)C(C)NC(=O)C1C(C)OC(C)C1C. The Labute approximate surface area is 113 Å². The minimum Gasteiger partial charge on any atom is -0.374 e. The standard InChI is InChI=1S/C13H24BrNO2/c1-7(6-14)9(3)15-13(16)12-8(2)10(4)17-11(12)5/h7-12H,6H2,1-5H3,(H,15,16). The zero-order valence-electron chi connectivity index (χ0n) is 11.4. The van der Waals surface area contributed by atoms with Crippen molar-refractivity contribution in [1.82, 2.24) is 5.32 Å². The molecule has 1 aliphatic heterocycles. The maximum atomic E-state index is 12.2. The normalized spacial score (nSPS) is 36.6. The molecule has 0 aromatic heterocycles. The second-order valence-corrected chi connectivity index (χ2v) is 6.01. The van der Waals surface area contributed by atoms with Crippen LogP contribution in [0.2, 0.25) is 0 Å². The van der Waals surface area contributed by atoms with E-state index in [2.05, 4.69) is 42.0 Å². The summed E-state index contributed by atoms with van der Waals surface area (Å²) in [7, 11) is 0. The molecule has 3 nitrogen and oxygen atoms in total. The van der Waals surface area contributed by atoms with E-state index in [1.165, 1.54) is 0 Å². The largest absolute Gasteiger partial charge is 0.374 e. The first-order valence-electron chi connectivity index (χ1n) is 6.40. The number of hydrogen-bond acceptors (Lipinski definition) is 2. The van der Waals surface area contributed by atoms with Gasteiger partial charge in [0.2, 0.25) is 5.91 Å². The summed E-state index contributed by atoms with van der Waals surface area (Å²) in [5.74, 6) is 0.838. The Morgan fingerprint density at radius 2 is 1.88 bits per heavy atom. The minimum absolute atomic E-state index is 0.0185. The Morgan fingerprint density at radius 3 is 2.29 bits per heavy atom. The number of carbonyl (C=O) groups is 1. The zero-order valence-corrected chi connectivity index (χ0v) is 13.0. The number of hydrogen-bond donors (Lipinski definition) is 1. The number of alkyl halides is 1. The van der Waals surface area contributed by atoms with Gasteiger partial charge in [-0.1, -0.05) is 29.8 Å². The second-order valence-electron chi connectivity index (χ2n) is 5.36. The van der Waals surface area contributed by atoms with Crippen molar-refractivity contribution >= 4 is 21.8 Å². The highest BCUT2D eigenvalue weighted by molar-refractivity contribution is 9.09. The van der Waals surface area contributed by atoms with Gasteiger partial charge in [0.25, 0.3) is 0 Å². The maximum Gasteiger partial charge on any atom is 0.226 e. The van der Waals surface area contributed by atoms with Gasteiger partial charge in [0.15, 0.2) is 0 Å². The van der Waals surface area contributed by atoms with Gasteiger partial charge in [-0.15, -0.1) is 0 Å². The van der Waals surface area contributed by atoms with E-state index in [1.54, 1.807) is 0 Å². The van der Waals surface area contributed by atoms with Crippen LogP contribution in [0.15, 0.2) is 0 Å². The molecule has 0 spiro atoms. The minimum atomic E-state index is -0.0185. The van der Waals surface area contributed by atoms with E-state index in [-0.39, 0.29) is 36.0 Å². The van der Waals surface area contributed by atoms with E-state index in [0.29, 0.717) is 5.92 Å². The number of rotatable bonds is 4. The van der Waals surface area contributed by atoms with Gasteiger partial charge in [-0.25, -0.2) is 0 Å². The van der Waals surface area contributed by atoms with Gasteiger partial charge < -0.3 is 10.1 Å². The van der Waals surface area contributed by atoms with E-state index >= 15 is 0 Å². The molecule has 100 valence electrons. The van der Waals surface area contributed by atoms with Gasteiger partial charge in [-0.05, 0) is 32.6 Å². The summed E-state index contributed by atoms with van der Waals surface area (Å²) >= 11 is 3.45. The molecule has 1 heterocycles. The predicted molar refractivity (Wildman–Crippen MR) is 73.2 cm³/mol. The van der Waals surface area contributed by atoms with Crippen LogP contribution in [0.25, 0.3) is 0 Å². The molecule has 1 N–H and O–H groups in total. The lowest BCUT2D eigenvalue weighted by Gasteiger charge is -2.24. The van der Waals surface area contributed by atoms with Crippen LogP contribution in [0.3, 0.4) is 0 Å². The van der Waals surface area contributed by atoms with E-state index in [0.717, 1.165) is 5.33 Å². The fourth-order valence-corrected chi connectivity index (χ4v) is 2.88. The van der Waals surface area contributed by atoms with Crippen LogP contribution < -0.4 is 5.32 Å². The van der Waals surface area contributed by atoms with Crippen molar-refractivity contribution in [1.29, 1.82) is 0 Å². The van der Waals surface area contributed by atoms with Crippen LogP contribution in [-0.4, -0.2) is 29.5 Å². The molecule has 1 saturated heterocycles. The number of carbonyl (C=O) groups excluding carboxylic acids is 1. The highest BCUT2D eigenvalue weighted by Crippen LogP contribution is 2.32. The summed E-state index contributed by atoms with van der Waals surface area (Å²) in [6.45, 7) is 10.3. The third-order valence-corrected chi connectivity index (χ3v) is 5.03. The number of nitrogens with one attached hydrogen (secondary N) is 1. The number of halogens is 1. The third-order valence-electron chi connectivity index (χ3n) is 4.01. The molecule has 0 radical (unpaired) electrons. The van der Waals surface area contributed by atoms with Gasteiger partial charge in [-0.2, -0.15) is 0 Å². The molecule has 1 rings (SSSR count). The molecular weight excluding hydrogens is 282 g/mol. The van der Waals surface area contributed by atoms with Crippen LogP contribution in [0, 0.1) is 17.8 Å². The first-order valence-corrected chi connectivity index (χ1v) is 7.52. The first kappa shape index (κ1) is 15.0. The van der Waals surface area contributed by atoms with Gasteiger partial charge in [-0.3, -0.25) is 4.79 Å². The summed E-state index contributed by atoms with van der Waals surface area (Å²) in [5, 5.41) is 4.00. The van der Waals surface area contributed by atoms with E-state index < -0.39 is 0 Å². The lowest BCUT2D eigenvalue weighted by atomic mass is 9.88. The quantitative estimate of drug-likeness (QED) is 0.811. The lowest BCUT2D eigenvalue weighted by Crippen LogP contribution is -2.44. The second kappa shape index (κ2) is 6.19. The smallest absolute Gasteiger partial charge is 0.226 e. The van der Waals surface area contributed by atoms with Crippen LogP contribution in [0.1, 0.15) is 34.6 Å². The van der Waals surface area contributed by atoms with E-state index in [4.69, 9.17) is 4.74 Å². The van der Waals surface area contributed by atoms with Crippen molar-refractivity contribution in [2.75, 3.05) is 5.33 Å². The Kier molecular flexibility index (Phi) is 5.45. The zero-order chi connectivity index (χ0) is 13.2. The third kappa shape index (κ3) is 3.44. The molecule has 0 aromatic rings. The fraction of sp³-hybridized carbons (Fsp3) is 0.923. The van der Waals surface area contributed by atoms with Crippen molar-refractivity contribution in [2.45, 2.75) is 52.9 Å². The van der Waals surface area contributed by atoms with Crippen molar-refractivity contribution in [3.8, 4) is 0 Å². The van der Waals surface area contributed by atoms with Crippen LogP contribution in [0.4, 0.5) is 0 Å². The average Bonchev–Trinajstić information content (AvgIpc) is 2.51. The summed E-state index contributed by atoms with van der Waals surface area (Å²) in [6, 6.07) is 0.192. The number of amides is 1. The van der Waals surface area contributed by atoms with Crippen LogP contribution >= 0.6 is 15.9 Å². The van der Waals surface area contributed by atoms with E-state index in [9.17, 15) is 4.79 Å². The lowest BCUT2D eigenvalue weighted by molar-refractivity contribution is -0.128. The molecule has 0 bridgehead atoms. The average molecular weight is 306 g/mol. The predicted octanol–water partition coefficient (Wildman–Crippen LogP) is 2.58. The Bertz CT molecular complexity index is 272. The van der Waals surface area contributed by atoms with Gasteiger partial charge >= 0.3 is 0 Å². The molecule has 1 fully saturated rings. The van der Waals surface area contributed by atoms with Crippen LogP contribution in [-0.2, 0) is 9.53 Å². The Balaban J connectivity index is 2.58. The molecule has 6 unspecified atom stereocenters. The topological polar surface area (TPSA) is 38.3 Å². The molecule has 0 aliphatic carbocycles. The molecule has 17 heavy (non-hydrogen) atoms. The highest BCUT2D eigenvalue weighted by atomic mass is 79.9. The molecular formula is C13H24BrNO2.